The molecule has 2 heterocycles. The van der Waals surface area contributed by atoms with E-state index in [1.165, 1.54) is 17.7 Å². The second-order valence-corrected chi connectivity index (χ2v) is 5.71. The van der Waals surface area contributed by atoms with Crippen molar-refractivity contribution in [2.75, 3.05) is 0 Å². The third-order valence-electron chi connectivity index (χ3n) is 3.89. The molecular weight excluding hydrogens is 206 g/mol. The van der Waals surface area contributed by atoms with E-state index in [1.54, 1.807) is 11.3 Å². The van der Waals surface area contributed by atoms with Crippen LogP contribution in [0.25, 0.3) is 0 Å². The number of rotatable bonds is 2. The number of nitrogens with one attached hydrogen (secondary N) is 1. The fraction of sp³-hybridized carbons (Fsp3) is 0.583. The Morgan fingerprint density at radius 3 is 2.80 bits per heavy atom. The molecule has 0 spiro atoms. The molecule has 2 atom stereocenters. The molecule has 2 aliphatic rings. The molecule has 0 aromatic carbocycles. The Bertz CT molecular complexity index is 382. The van der Waals surface area contributed by atoms with E-state index in [-0.39, 0.29) is 11.3 Å². The van der Waals surface area contributed by atoms with Gasteiger partial charge < -0.3 is 5.32 Å². The summed E-state index contributed by atoms with van der Waals surface area (Å²) >= 11 is 1.80. The number of carbonyl (C=O) groups excluding carboxylic acids is 1. The highest BCUT2D eigenvalue weighted by molar-refractivity contribution is 7.10. The smallest absolute Gasteiger partial charge is 0.221 e. The molecule has 1 saturated carbocycles. The molecule has 2 unspecified atom stereocenters. The fourth-order valence-corrected chi connectivity index (χ4v) is 4.08. The molecule has 3 heteroatoms. The van der Waals surface area contributed by atoms with E-state index in [1.807, 2.05) is 0 Å². The average molecular weight is 221 g/mol. The molecule has 1 aliphatic heterocycles. The van der Waals surface area contributed by atoms with E-state index < -0.39 is 0 Å². The number of hydrogen-bond donors (Lipinski definition) is 1. The van der Waals surface area contributed by atoms with E-state index in [9.17, 15) is 4.79 Å². The summed E-state index contributed by atoms with van der Waals surface area (Å²) in [4.78, 5) is 13.0. The summed E-state index contributed by atoms with van der Waals surface area (Å²) in [6.45, 7) is 2.16. The predicted molar refractivity (Wildman–Crippen MR) is 60.9 cm³/mol. The van der Waals surface area contributed by atoms with Crippen LogP contribution in [0.2, 0.25) is 0 Å². The summed E-state index contributed by atoms with van der Waals surface area (Å²) in [5.41, 5.74) is 0.116. The summed E-state index contributed by atoms with van der Waals surface area (Å²) < 4.78 is 0. The molecule has 1 saturated heterocycles. The number of carbonyl (C=O) groups is 1. The van der Waals surface area contributed by atoms with Gasteiger partial charge in [-0.05, 0) is 37.1 Å². The molecule has 3 rings (SSSR count). The van der Waals surface area contributed by atoms with Gasteiger partial charge >= 0.3 is 0 Å². The third-order valence-corrected chi connectivity index (χ3v) is 4.95. The first kappa shape index (κ1) is 9.40. The van der Waals surface area contributed by atoms with Crippen molar-refractivity contribution in [1.82, 2.24) is 5.32 Å². The largest absolute Gasteiger partial charge is 0.353 e. The normalized spacial score (nSPS) is 35.5. The lowest BCUT2D eigenvalue weighted by Gasteiger charge is -2.31. The first-order chi connectivity index (χ1) is 7.23. The van der Waals surface area contributed by atoms with Crippen molar-refractivity contribution in [2.24, 2.45) is 5.92 Å². The van der Waals surface area contributed by atoms with Gasteiger partial charge in [-0.3, -0.25) is 4.79 Å². The lowest BCUT2D eigenvalue weighted by Crippen LogP contribution is -2.39. The fourth-order valence-electron chi connectivity index (χ4n) is 2.98. The summed E-state index contributed by atoms with van der Waals surface area (Å²) in [6.07, 6.45) is 3.27. The van der Waals surface area contributed by atoms with Crippen LogP contribution in [0.5, 0.6) is 0 Å². The molecule has 2 fully saturated rings. The second-order valence-electron chi connectivity index (χ2n) is 4.76. The van der Waals surface area contributed by atoms with E-state index in [0.717, 1.165) is 5.92 Å². The van der Waals surface area contributed by atoms with Crippen molar-refractivity contribution in [3.63, 3.8) is 0 Å². The quantitative estimate of drug-likeness (QED) is 0.815. The van der Waals surface area contributed by atoms with E-state index >= 15 is 0 Å². The van der Waals surface area contributed by atoms with Gasteiger partial charge in [0.1, 0.15) is 0 Å². The zero-order valence-electron chi connectivity index (χ0n) is 8.82. The van der Waals surface area contributed by atoms with Gasteiger partial charge in [0.05, 0.1) is 0 Å². The Balaban J connectivity index is 2.06. The van der Waals surface area contributed by atoms with Crippen molar-refractivity contribution in [2.45, 2.75) is 37.6 Å². The Morgan fingerprint density at radius 2 is 2.33 bits per heavy atom. The summed E-state index contributed by atoms with van der Waals surface area (Å²) in [5.74, 6) is 0.952. The summed E-state index contributed by atoms with van der Waals surface area (Å²) in [6, 6.07) is 4.59. The highest BCUT2D eigenvalue weighted by atomic mass is 32.1. The van der Waals surface area contributed by atoms with Crippen LogP contribution in [0.3, 0.4) is 0 Å². The monoisotopic (exact) mass is 221 g/mol. The molecule has 1 aromatic rings. The minimum Gasteiger partial charge on any atom is -0.353 e. The summed E-state index contributed by atoms with van der Waals surface area (Å²) in [5, 5.41) is 5.21. The van der Waals surface area contributed by atoms with Gasteiger partial charge in [-0.1, -0.05) is 6.07 Å². The number of thiophene rings is 1. The molecule has 1 aromatic heterocycles. The van der Waals surface area contributed by atoms with Crippen molar-refractivity contribution in [1.29, 1.82) is 0 Å². The van der Waals surface area contributed by atoms with Gasteiger partial charge in [0.15, 0.2) is 0 Å². The Hall–Kier alpha value is -0.830. The van der Waals surface area contributed by atoms with Gasteiger partial charge in [0, 0.05) is 22.8 Å². The highest BCUT2D eigenvalue weighted by Gasteiger charge is 2.55. The topological polar surface area (TPSA) is 29.1 Å². The maximum absolute atomic E-state index is 11.6. The van der Waals surface area contributed by atoms with Crippen LogP contribution in [0.1, 0.15) is 31.1 Å². The second kappa shape index (κ2) is 3.08. The van der Waals surface area contributed by atoms with Crippen molar-refractivity contribution in [3.05, 3.63) is 22.4 Å². The molecule has 0 bridgehead atoms. The van der Waals surface area contributed by atoms with Crippen LogP contribution >= 0.6 is 11.3 Å². The standard InChI is InChI=1S/C12H15NOS/c1-8-12(9-4-5-9,7-11(14)13-8)10-3-2-6-15-10/h2-3,6,8-9H,4-5,7H2,1H3,(H,13,14). The van der Waals surface area contributed by atoms with Crippen LogP contribution in [-0.4, -0.2) is 11.9 Å². The zero-order chi connectivity index (χ0) is 10.5. The van der Waals surface area contributed by atoms with Crippen LogP contribution < -0.4 is 5.32 Å². The van der Waals surface area contributed by atoms with Crippen molar-refractivity contribution < 1.29 is 4.79 Å². The van der Waals surface area contributed by atoms with E-state index in [2.05, 4.69) is 29.8 Å². The van der Waals surface area contributed by atoms with Crippen LogP contribution in [0.4, 0.5) is 0 Å². The molecule has 0 radical (unpaired) electrons. The van der Waals surface area contributed by atoms with Gasteiger partial charge in [-0.15, -0.1) is 11.3 Å². The van der Waals surface area contributed by atoms with Crippen molar-refractivity contribution >= 4 is 17.2 Å². The minimum atomic E-state index is 0.116. The molecule has 80 valence electrons. The van der Waals surface area contributed by atoms with Gasteiger partial charge in [0.25, 0.3) is 0 Å². The third kappa shape index (κ3) is 1.26. The van der Waals surface area contributed by atoms with Crippen molar-refractivity contribution in [3.8, 4) is 0 Å². The average Bonchev–Trinajstić information content (AvgIpc) is 2.80. The van der Waals surface area contributed by atoms with Gasteiger partial charge in [-0.2, -0.15) is 0 Å². The lowest BCUT2D eigenvalue weighted by molar-refractivity contribution is -0.119. The Kier molecular flexibility index (Phi) is 1.93. The highest BCUT2D eigenvalue weighted by Crippen LogP contribution is 2.54. The molecule has 15 heavy (non-hydrogen) atoms. The van der Waals surface area contributed by atoms with E-state index in [0.29, 0.717) is 12.5 Å². The maximum Gasteiger partial charge on any atom is 0.221 e. The molecule has 1 amide bonds. The molecular formula is C12H15NOS. The first-order valence-electron chi connectivity index (χ1n) is 5.57. The van der Waals surface area contributed by atoms with E-state index in [4.69, 9.17) is 0 Å². The molecule has 1 N–H and O–H groups in total. The van der Waals surface area contributed by atoms with Gasteiger partial charge in [0.2, 0.25) is 5.91 Å². The summed E-state index contributed by atoms with van der Waals surface area (Å²) in [7, 11) is 0. The Morgan fingerprint density at radius 1 is 1.53 bits per heavy atom. The SMILES string of the molecule is CC1NC(=O)CC1(c1cccs1)C1CC1. The molecule has 2 nitrogen and oxygen atoms in total. The van der Waals surface area contributed by atoms with Crippen LogP contribution in [0.15, 0.2) is 17.5 Å². The predicted octanol–water partition coefficient (Wildman–Crippen LogP) is 2.30. The first-order valence-corrected chi connectivity index (χ1v) is 6.45. The number of hydrogen-bond acceptors (Lipinski definition) is 2. The lowest BCUT2D eigenvalue weighted by atomic mass is 9.75. The maximum atomic E-state index is 11.6. The molecule has 1 aliphatic carbocycles. The van der Waals surface area contributed by atoms with Gasteiger partial charge in [-0.25, -0.2) is 0 Å². The Labute approximate surface area is 93.7 Å². The minimum absolute atomic E-state index is 0.116. The van der Waals surface area contributed by atoms with Crippen LogP contribution in [-0.2, 0) is 10.2 Å². The number of amides is 1. The van der Waals surface area contributed by atoms with Crippen LogP contribution in [0, 0.1) is 5.92 Å². The zero-order valence-corrected chi connectivity index (χ0v) is 9.64.